The van der Waals surface area contributed by atoms with E-state index in [9.17, 15) is 0 Å². The minimum absolute atomic E-state index is 0.164. The lowest BCUT2D eigenvalue weighted by molar-refractivity contribution is 0.173. The van der Waals surface area contributed by atoms with Gasteiger partial charge in [-0.25, -0.2) is 4.98 Å². The van der Waals surface area contributed by atoms with Gasteiger partial charge in [0.2, 0.25) is 13.6 Å². The smallest absolute Gasteiger partial charge is 0.231 e. The summed E-state index contributed by atoms with van der Waals surface area (Å²) in [4.78, 5) is 7.59. The molecule has 7 heteroatoms. The van der Waals surface area contributed by atoms with E-state index in [1.54, 1.807) is 6.33 Å². The van der Waals surface area contributed by atoms with Gasteiger partial charge < -0.3 is 29.3 Å². The Kier molecular flexibility index (Phi) is 4.26. The fourth-order valence-corrected chi connectivity index (χ4v) is 5.20. The third kappa shape index (κ3) is 2.91. The summed E-state index contributed by atoms with van der Waals surface area (Å²) in [6.07, 6.45) is 3.86. The molecule has 3 heterocycles. The Labute approximate surface area is 200 Å². The van der Waals surface area contributed by atoms with Gasteiger partial charge in [0.15, 0.2) is 23.0 Å². The number of rotatable bonds is 4. The second kappa shape index (κ2) is 7.50. The van der Waals surface area contributed by atoms with Crippen molar-refractivity contribution in [1.82, 2.24) is 9.97 Å². The average molecular weight is 463 g/mol. The largest absolute Gasteiger partial charge is 0.454 e. The van der Waals surface area contributed by atoms with E-state index in [1.807, 2.05) is 18.2 Å². The minimum Gasteiger partial charge on any atom is -0.454 e. The Morgan fingerprint density at radius 1 is 0.857 bits per heavy atom. The third-order valence-electron chi connectivity index (χ3n) is 6.84. The standard InChI is InChI=1S/C28H21N3O4/c1-2-16-19(17-4-6-25-28(22(17)11-29)35-14-32-25)8-18(15-3-5-23-24(7-15)31-12-30-23)21-10-27-26(9-20(16)21)33-13-34-27/h3-12,29H,2,13-14H2,1H3,(H,30,31). The number of fused-ring (bicyclic) bond motifs is 4. The van der Waals surface area contributed by atoms with Crippen LogP contribution in [0, 0.1) is 5.41 Å². The molecule has 2 aliphatic rings. The number of aromatic nitrogens is 2. The molecule has 0 bridgehead atoms. The summed E-state index contributed by atoms with van der Waals surface area (Å²) in [6, 6.07) is 16.5. The maximum atomic E-state index is 8.18. The number of nitrogens with one attached hydrogen (secondary N) is 2. The van der Waals surface area contributed by atoms with Crippen molar-refractivity contribution in [3.05, 3.63) is 66.0 Å². The summed E-state index contributed by atoms with van der Waals surface area (Å²) < 4.78 is 22.8. The van der Waals surface area contributed by atoms with Crippen molar-refractivity contribution in [2.45, 2.75) is 13.3 Å². The van der Waals surface area contributed by atoms with E-state index >= 15 is 0 Å². The summed E-state index contributed by atoms with van der Waals surface area (Å²) >= 11 is 0. The maximum absolute atomic E-state index is 8.18. The Balaban J connectivity index is 1.58. The van der Waals surface area contributed by atoms with Crippen LogP contribution >= 0.6 is 0 Å². The van der Waals surface area contributed by atoms with Gasteiger partial charge in [0.1, 0.15) is 0 Å². The summed E-state index contributed by atoms with van der Waals surface area (Å²) in [7, 11) is 0. The summed E-state index contributed by atoms with van der Waals surface area (Å²) in [5, 5.41) is 10.4. The summed E-state index contributed by atoms with van der Waals surface area (Å²) in [6.45, 7) is 2.53. The first-order chi connectivity index (χ1) is 17.2. The molecule has 7 rings (SSSR count). The zero-order valence-corrected chi connectivity index (χ0v) is 19.0. The van der Waals surface area contributed by atoms with Gasteiger partial charge in [-0.1, -0.05) is 13.0 Å². The highest BCUT2D eigenvalue weighted by Crippen LogP contribution is 2.47. The molecule has 0 unspecified atom stereocenters. The first kappa shape index (κ1) is 19.9. The molecule has 0 fully saturated rings. The molecule has 0 atom stereocenters. The van der Waals surface area contributed by atoms with Crippen LogP contribution < -0.4 is 18.9 Å². The van der Waals surface area contributed by atoms with Crippen LogP contribution in [0.1, 0.15) is 18.1 Å². The van der Waals surface area contributed by atoms with Crippen LogP contribution in [0.3, 0.4) is 0 Å². The van der Waals surface area contributed by atoms with Crippen molar-refractivity contribution in [2.75, 3.05) is 13.6 Å². The number of imidazole rings is 1. The summed E-state index contributed by atoms with van der Waals surface area (Å²) in [5.74, 6) is 2.78. The monoisotopic (exact) mass is 463 g/mol. The van der Waals surface area contributed by atoms with Crippen molar-refractivity contribution in [3.8, 4) is 45.3 Å². The second-order valence-corrected chi connectivity index (χ2v) is 8.59. The van der Waals surface area contributed by atoms with Crippen molar-refractivity contribution >= 4 is 28.0 Å². The molecule has 2 aliphatic heterocycles. The fourth-order valence-electron chi connectivity index (χ4n) is 5.20. The SMILES string of the molecule is CCc1c(-c2ccc3c(c2C=N)OCO3)cc(-c2ccc3nc[nH]c3c2)c2cc3c(cc12)OCO3. The van der Waals surface area contributed by atoms with Crippen LogP contribution in [-0.2, 0) is 6.42 Å². The maximum Gasteiger partial charge on any atom is 0.231 e. The fraction of sp³-hybridized carbons (Fsp3) is 0.143. The average Bonchev–Trinajstić information content (AvgIpc) is 3.65. The highest BCUT2D eigenvalue weighted by Gasteiger charge is 2.25. The van der Waals surface area contributed by atoms with Gasteiger partial charge in [-0.15, -0.1) is 0 Å². The van der Waals surface area contributed by atoms with Crippen molar-refractivity contribution < 1.29 is 18.9 Å². The van der Waals surface area contributed by atoms with E-state index in [1.165, 1.54) is 11.8 Å². The first-order valence-corrected chi connectivity index (χ1v) is 11.5. The van der Waals surface area contributed by atoms with E-state index in [0.29, 0.717) is 17.1 Å². The molecule has 2 N–H and O–H groups in total. The highest BCUT2D eigenvalue weighted by molar-refractivity contribution is 6.07. The molecule has 0 amide bonds. The number of aromatic amines is 1. The number of benzene rings is 4. The Bertz CT molecular complexity index is 1670. The lowest BCUT2D eigenvalue weighted by atomic mass is 9.85. The lowest BCUT2D eigenvalue weighted by Gasteiger charge is -2.19. The van der Waals surface area contributed by atoms with Gasteiger partial charge >= 0.3 is 0 Å². The van der Waals surface area contributed by atoms with Crippen LogP contribution in [0.2, 0.25) is 0 Å². The van der Waals surface area contributed by atoms with E-state index < -0.39 is 0 Å². The topological polar surface area (TPSA) is 89.5 Å². The van der Waals surface area contributed by atoms with E-state index in [0.717, 1.165) is 62.0 Å². The van der Waals surface area contributed by atoms with Gasteiger partial charge in [-0.05, 0) is 87.5 Å². The molecule has 35 heavy (non-hydrogen) atoms. The van der Waals surface area contributed by atoms with Crippen LogP contribution in [0.25, 0.3) is 44.1 Å². The highest BCUT2D eigenvalue weighted by atomic mass is 16.7. The van der Waals surface area contributed by atoms with Gasteiger partial charge in [-0.2, -0.15) is 0 Å². The zero-order chi connectivity index (χ0) is 23.5. The number of aryl methyl sites for hydroxylation is 1. The van der Waals surface area contributed by atoms with Crippen molar-refractivity contribution in [2.24, 2.45) is 0 Å². The number of hydrogen-bond acceptors (Lipinski definition) is 6. The number of nitrogens with zero attached hydrogens (tertiary/aromatic N) is 1. The molecular formula is C28H21N3O4. The Morgan fingerprint density at radius 3 is 2.49 bits per heavy atom. The molecule has 0 aliphatic carbocycles. The van der Waals surface area contributed by atoms with E-state index in [-0.39, 0.29) is 13.6 Å². The second-order valence-electron chi connectivity index (χ2n) is 8.59. The molecule has 172 valence electrons. The number of ether oxygens (including phenoxy) is 4. The Hall–Kier alpha value is -4.52. The lowest BCUT2D eigenvalue weighted by Crippen LogP contribution is -1.98. The normalized spacial score (nSPS) is 13.6. The van der Waals surface area contributed by atoms with Crippen molar-refractivity contribution in [1.29, 1.82) is 5.41 Å². The van der Waals surface area contributed by atoms with Crippen LogP contribution in [0.4, 0.5) is 0 Å². The molecule has 0 radical (unpaired) electrons. The molecule has 1 aromatic heterocycles. The molecule has 0 saturated carbocycles. The number of hydrogen-bond donors (Lipinski definition) is 2. The van der Waals surface area contributed by atoms with Gasteiger partial charge in [0, 0.05) is 11.8 Å². The van der Waals surface area contributed by atoms with E-state index in [4.69, 9.17) is 24.4 Å². The predicted molar refractivity (Wildman–Crippen MR) is 134 cm³/mol. The first-order valence-electron chi connectivity index (χ1n) is 11.5. The van der Waals surface area contributed by atoms with Crippen LogP contribution in [-0.4, -0.2) is 29.8 Å². The van der Waals surface area contributed by atoms with E-state index in [2.05, 4.69) is 47.2 Å². The van der Waals surface area contributed by atoms with Gasteiger partial charge in [-0.3, -0.25) is 0 Å². The van der Waals surface area contributed by atoms with Crippen molar-refractivity contribution in [3.63, 3.8) is 0 Å². The number of H-pyrrole nitrogens is 1. The molecular weight excluding hydrogens is 442 g/mol. The molecule has 7 nitrogen and oxygen atoms in total. The van der Waals surface area contributed by atoms with Crippen LogP contribution in [0.5, 0.6) is 23.0 Å². The van der Waals surface area contributed by atoms with Crippen LogP contribution in [0.15, 0.2) is 54.9 Å². The van der Waals surface area contributed by atoms with Gasteiger partial charge in [0.25, 0.3) is 0 Å². The Morgan fingerprint density at radius 2 is 1.66 bits per heavy atom. The predicted octanol–water partition coefficient (Wildman–Crippen LogP) is 6.07. The minimum atomic E-state index is 0.164. The quantitative estimate of drug-likeness (QED) is 0.316. The zero-order valence-electron chi connectivity index (χ0n) is 19.0. The molecule has 4 aromatic carbocycles. The molecule has 0 spiro atoms. The molecule has 0 saturated heterocycles. The summed E-state index contributed by atoms with van der Waals surface area (Å²) in [5.41, 5.74) is 7.89. The van der Waals surface area contributed by atoms with Gasteiger partial charge in [0.05, 0.1) is 17.4 Å². The molecule has 5 aromatic rings. The third-order valence-corrected chi connectivity index (χ3v) is 6.84.